The van der Waals surface area contributed by atoms with E-state index >= 15 is 0 Å². The Hall–Kier alpha value is 0.120. The first-order valence-electron chi connectivity index (χ1n) is 5.37. The summed E-state index contributed by atoms with van der Waals surface area (Å²) in [6.45, 7) is 0. The second-order valence-corrected chi connectivity index (χ2v) is 5.09. The highest BCUT2D eigenvalue weighted by Gasteiger charge is 2.26. The second-order valence-electron chi connectivity index (χ2n) is 4.14. The van der Waals surface area contributed by atoms with Crippen LogP contribution in [-0.4, -0.2) is 21.6 Å². The summed E-state index contributed by atoms with van der Waals surface area (Å²) in [5.41, 5.74) is 8.98. The Morgan fingerprint density at radius 3 is 2.60 bits per heavy atom. The van der Waals surface area contributed by atoms with Gasteiger partial charge in [0.05, 0.1) is 0 Å². The Kier molecular flexibility index (Phi) is 3.84. The molecule has 0 saturated heterocycles. The minimum Gasteiger partial charge on any atom is -0.310 e. The van der Waals surface area contributed by atoms with Crippen LogP contribution in [0.1, 0.15) is 32.1 Å². The molecule has 4 nitrogen and oxygen atoms in total. The highest BCUT2D eigenvalue weighted by molar-refractivity contribution is 7.84. The van der Waals surface area contributed by atoms with Gasteiger partial charge in [0.2, 0.25) is 0 Å². The molecule has 0 radical (unpaired) electrons. The Bertz CT molecular complexity index is 252. The molecule has 86 valence electrons. The second kappa shape index (κ2) is 4.97. The van der Waals surface area contributed by atoms with Crippen molar-refractivity contribution in [2.45, 2.75) is 44.3 Å². The lowest BCUT2D eigenvalue weighted by Gasteiger charge is -2.41. The maximum Gasteiger partial charge on any atom is 0.116 e. The first kappa shape index (κ1) is 11.6. The quantitative estimate of drug-likeness (QED) is 0.526. The van der Waals surface area contributed by atoms with Gasteiger partial charge in [-0.3, -0.25) is 5.01 Å². The summed E-state index contributed by atoms with van der Waals surface area (Å²) >= 11 is 8.62. The third-order valence-electron chi connectivity index (χ3n) is 3.02. The molecule has 2 rings (SSSR count). The van der Waals surface area contributed by atoms with E-state index in [2.05, 4.69) is 36.0 Å². The number of nitrogens with two attached hydrogens (primary N) is 1. The van der Waals surface area contributed by atoms with Crippen LogP contribution in [0.5, 0.6) is 0 Å². The molecule has 0 aromatic carbocycles. The molecule has 1 fully saturated rings. The lowest BCUT2D eigenvalue weighted by Crippen LogP contribution is -2.57. The van der Waals surface area contributed by atoms with E-state index in [9.17, 15) is 0 Å². The van der Waals surface area contributed by atoms with E-state index in [1.165, 1.54) is 32.1 Å². The molecule has 1 unspecified atom stereocenters. The van der Waals surface area contributed by atoms with Gasteiger partial charge in [0.25, 0.3) is 0 Å². The van der Waals surface area contributed by atoms with Crippen LogP contribution in [0.4, 0.5) is 0 Å². The van der Waals surface area contributed by atoms with Gasteiger partial charge in [-0.1, -0.05) is 32.1 Å². The van der Waals surface area contributed by atoms with Gasteiger partial charge in [0.1, 0.15) is 6.17 Å². The molecule has 6 heteroatoms. The molecule has 0 bridgehead atoms. The Labute approximate surface area is 102 Å². The van der Waals surface area contributed by atoms with Crippen molar-refractivity contribution in [3.05, 3.63) is 11.1 Å². The third-order valence-corrected chi connectivity index (χ3v) is 3.74. The zero-order chi connectivity index (χ0) is 10.8. The summed E-state index contributed by atoms with van der Waals surface area (Å²) in [5, 5.41) is 2.08. The van der Waals surface area contributed by atoms with Gasteiger partial charge in [-0.05, 0) is 12.8 Å². The Balaban J connectivity index is 2.03. The van der Waals surface area contributed by atoms with E-state index in [1.54, 1.807) is 4.41 Å². The molecule has 15 heavy (non-hydrogen) atoms. The van der Waals surface area contributed by atoms with Gasteiger partial charge in [0, 0.05) is 17.1 Å². The van der Waals surface area contributed by atoms with E-state index in [0.717, 1.165) is 4.91 Å². The van der Waals surface area contributed by atoms with Crippen molar-refractivity contribution >= 4 is 25.4 Å². The van der Waals surface area contributed by atoms with Crippen LogP contribution in [0, 0.1) is 0 Å². The monoisotopic (exact) mass is 246 g/mol. The molecule has 2 aliphatic rings. The zero-order valence-electron chi connectivity index (χ0n) is 8.63. The molecule has 0 spiro atoms. The van der Waals surface area contributed by atoms with Crippen LogP contribution in [-0.2, 0) is 0 Å². The van der Waals surface area contributed by atoms with Crippen LogP contribution < -0.4 is 11.3 Å². The molecular formula is C9H18N4S2. The number of hydrazine groups is 2. The predicted molar refractivity (Wildman–Crippen MR) is 67.7 cm³/mol. The Morgan fingerprint density at radius 2 is 2.00 bits per heavy atom. The molecule has 3 N–H and O–H groups in total. The molecule has 1 heterocycles. The standard InChI is InChI=1S/C9H18N4S2/c10-9-8(14)6-12(11-13(9)15)7-4-2-1-3-5-7/h6-7,9,11,14-15H,1-5,10H2. The third kappa shape index (κ3) is 2.62. The molecule has 0 amide bonds. The molecule has 0 aromatic rings. The number of thiol groups is 2. The zero-order valence-corrected chi connectivity index (χ0v) is 10.4. The highest BCUT2D eigenvalue weighted by atomic mass is 32.1. The molecule has 1 aliphatic heterocycles. The summed E-state index contributed by atoms with van der Waals surface area (Å²) in [5.74, 6) is 0. The van der Waals surface area contributed by atoms with E-state index in [0.29, 0.717) is 6.04 Å². The predicted octanol–water partition coefficient (Wildman–Crippen LogP) is 1.26. The topological polar surface area (TPSA) is 44.5 Å². The maximum absolute atomic E-state index is 5.83. The van der Waals surface area contributed by atoms with Crippen LogP contribution in [0.25, 0.3) is 0 Å². The van der Waals surface area contributed by atoms with Crippen LogP contribution in [0.3, 0.4) is 0 Å². The van der Waals surface area contributed by atoms with Crippen molar-refractivity contribution < 1.29 is 0 Å². The number of hydrogen-bond donors (Lipinski definition) is 4. The van der Waals surface area contributed by atoms with Gasteiger partial charge < -0.3 is 5.73 Å². The molecule has 1 saturated carbocycles. The summed E-state index contributed by atoms with van der Waals surface area (Å²) in [6, 6.07) is 0.544. The average molecular weight is 246 g/mol. The van der Waals surface area contributed by atoms with Crippen molar-refractivity contribution in [2.24, 2.45) is 5.73 Å². The normalized spacial score (nSPS) is 30.5. The molecular weight excluding hydrogens is 228 g/mol. The van der Waals surface area contributed by atoms with Crippen LogP contribution in [0.15, 0.2) is 11.1 Å². The first-order chi connectivity index (χ1) is 7.18. The number of nitrogens with one attached hydrogen (secondary N) is 1. The van der Waals surface area contributed by atoms with Crippen molar-refractivity contribution in [3.63, 3.8) is 0 Å². The number of hydrogen-bond acceptors (Lipinski definition) is 6. The largest absolute Gasteiger partial charge is 0.310 e. The Morgan fingerprint density at radius 1 is 1.33 bits per heavy atom. The van der Waals surface area contributed by atoms with Crippen molar-refractivity contribution in [1.82, 2.24) is 15.0 Å². The van der Waals surface area contributed by atoms with Gasteiger partial charge in [-0.25, -0.2) is 0 Å². The summed E-state index contributed by atoms with van der Waals surface area (Å²) in [7, 11) is 0. The lowest BCUT2D eigenvalue weighted by molar-refractivity contribution is 0.0522. The summed E-state index contributed by atoms with van der Waals surface area (Å²) in [6.07, 6.45) is 8.12. The minimum atomic E-state index is -0.267. The van der Waals surface area contributed by atoms with Gasteiger partial charge in [-0.2, -0.15) is 9.95 Å². The molecule has 0 aromatic heterocycles. The minimum absolute atomic E-state index is 0.267. The number of rotatable bonds is 1. The summed E-state index contributed by atoms with van der Waals surface area (Å²) < 4.78 is 1.59. The fourth-order valence-electron chi connectivity index (χ4n) is 2.10. The van der Waals surface area contributed by atoms with Crippen molar-refractivity contribution in [3.8, 4) is 0 Å². The number of nitrogens with zero attached hydrogens (tertiary/aromatic N) is 2. The van der Waals surface area contributed by atoms with Crippen molar-refractivity contribution in [1.29, 1.82) is 0 Å². The van der Waals surface area contributed by atoms with Gasteiger partial charge in [0.15, 0.2) is 0 Å². The SMILES string of the molecule is NC1C(S)=CN(C2CCCCC2)NN1S. The first-order valence-corrected chi connectivity index (χ1v) is 6.22. The average Bonchev–Trinajstić information content (AvgIpc) is 2.26. The highest BCUT2D eigenvalue weighted by Crippen LogP contribution is 2.25. The smallest absolute Gasteiger partial charge is 0.116 e. The van der Waals surface area contributed by atoms with E-state index < -0.39 is 0 Å². The van der Waals surface area contributed by atoms with E-state index in [1.807, 2.05) is 6.20 Å². The summed E-state index contributed by atoms with van der Waals surface area (Å²) in [4.78, 5) is 0.842. The lowest BCUT2D eigenvalue weighted by atomic mass is 9.95. The van der Waals surface area contributed by atoms with Gasteiger partial charge >= 0.3 is 0 Å². The van der Waals surface area contributed by atoms with Crippen LogP contribution >= 0.6 is 25.4 Å². The van der Waals surface area contributed by atoms with E-state index in [-0.39, 0.29) is 6.17 Å². The van der Waals surface area contributed by atoms with Crippen LogP contribution in [0.2, 0.25) is 0 Å². The van der Waals surface area contributed by atoms with Crippen molar-refractivity contribution in [2.75, 3.05) is 0 Å². The fraction of sp³-hybridized carbons (Fsp3) is 0.778. The molecule has 1 aliphatic carbocycles. The van der Waals surface area contributed by atoms with E-state index in [4.69, 9.17) is 5.73 Å². The van der Waals surface area contributed by atoms with Gasteiger partial charge in [-0.15, -0.1) is 12.6 Å². The fourth-order valence-corrected chi connectivity index (χ4v) is 2.66. The molecule has 1 atom stereocenters. The maximum atomic E-state index is 5.83.